The summed E-state index contributed by atoms with van der Waals surface area (Å²) < 4.78 is 32.8. The Morgan fingerprint density at radius 3 is 1.18 bits per heavy atom. The van der Waals surface area contributed by atoms with Gasteiger partial charge < -0.3 is 20.1 Å². The summed E-state index contributed by atoms with van der Waals surface area (Å²) >= 11 is 0. The van der Waals surface area contributed by atoms with Gasteiger partial charge in [0.05, 0.1) is 13.2 Å². The van der Waals surface area contributed by atoms with Crippen LogP contribution in [0.25, 0.3) is 0 Å². The minimum atomic E-state index is -4.42. The molecule has 374 valence electrons. The minimum Gasteiger partial charge on any atom is -0.462 e. The number of nitrogens with two attached hydrogens (primary N) is 1. The molecule has 0 fully saturated rings. The molecule has 0 heterocycles. The van der Waals surface area contributed by atoms with Crippen LogP contribution < -0.4 is 5.73 Å². The number of esters is 2. The molecule has 0 aliphatic carbocycles. The standard InChI is InChI=1S/C57H88NO8P/c1-3-5-7-9-11-13-15-17-19-21-22-23-24-25-26-27-28-29-30-31-32-34-36-38-40-42-44-46-48-50-57(60)66-55(54-65-67(61,62)64-52-51-58)53-63-56(59)49-47-45-43-41-39-37-35-33-20-18-16-14-12-10-8-6-4-2/h5-8,11-14,17-20,22-23,25-26,28-29,31-32,35-38,41,43,55H,3-4,9-10,15-16,21,24,27,30,33-34,39-40,42,44-54,58H2,1-2H3,(H,61,62)/b7-5-,8-6-,13-11-,14-12-,19-17-,20-18-,23-22-,26-25-,29-28-,32-31-,37-35-,38-36-,43-41-. The first kappa shape index (κ1) is 62.6. The summed E-state index contributed by atoms with van der Waals surface area (Å²) in [4.78, 5) is 35.0. The number of phosphoric ester groups is 1. The van der Waals surface area contributed by atoms with Gasteiger partial charge in [-0.05, 0) is 116 Å². The van der Waals surface area contributed by atoms with Gasteiger partial charge in [-0.3, -0.25) is 18.6 Å². The molecule has 0 bridgehead atoms. The summed E-state index contributed by atoms with van der Waals surface area (Å²) in [7, 11) is -4.42. The van der Waals surface area contributed by atoms with Crippen molar-refractivity contribution >= 4 is 19.8 Å². The zero-order valence-corrected chi connectivity index (χ0v) is 42.2. The molecule has 2 atom stereocenters. The van der Waals surface area contributed by atoms with Crippen molar-refractivity contribution in [2.24, 2.45) is 5.73 Å². The monoisotopic (exact) mass is 946 g/mol. The second-order valence-corrected chi connectivity index (χ2v) is 17.0. The second kappa shape index (κ2) is 51.0. The van der Waals surface area contributed by atoms with Crippen LogP contribution in [0, 0.1) is 0 Å². The van der Waals surface area contributed by atoms with Gasteiger partial charge in [0.15, 0.2) is 6.10 Å². The number of rotatable bonds is 44. The molecule has 0 aliphatic heterocycles. The molecule has 0 aromatic rings. The third kappa shape index (κ3) is 50.9. The molecule has 0 amide bonds. The Balaban J connectivity index is 4.24. The molecule has 3 N–H and O–H groups in total. The van der Waals surface area contributed by atoms with Crippen LogP contribution in [-0.4, -0.2) is 49.3 Å². The van der Waals surface area contributed by atoms with E-state index in [9.17, 15) is 19.0 Å². The first-order valence-electron chi connectivity index (χ1n) is 25.0. The third-order valence-electron chi connectivity index (χ3n) is 9.41. The highest BCUT2D eigenvalue weighted by atomic mass is 31.2. The lowest BCUT2D eigenvalue weighted by molar-refractivity contribution is -0.161. The highest BCUT2D eigenvalue weighted by Crippen LogP contribution is 2.43. The number of phosphoric acid groups is 1. The highest BCUT2D eigenvalue weighted by molar-refractivity contribution is 7.47. The van der Waals surface area contributed by atoms with Crippen LogP contribution in [0.2, 0.25) is 0 Å². The SMILES string of the molecule is CC/C=C\C/C=C\C/C=C\C/C=C\C/C=C\C/C=C\C/C=C\C/C=C\CCCCCCC(=O)OC(COC(=O)CCC/C=C\C/C=C\C/C=C\C/C=C\C/C=C\CC)COP(=O)(O)OCCN. The molecular weight excluding hydrogens is 858 g/mol. The van der Waals surface area contributed by atoms with E-state index in [0.717, 1.165) is 116 Å². The van der Waals surface area contributed by atoms with Gasteiger partial charge in [0.2, 0.25) is 0 Å². The van der Waals surface area contributed by atoms with Crippen LogP contribution in [0.3, 0.4) is 0 Å². The summed E-state index contributed by atoms with van der Waals surface area (Å²) in [5, 5.41) is 0. The number of carbonyl (C=O) groups is 2. The van der Waals surface area contributed by atoms with Gasteiger partial charge in [-0.1, -0.05) is 185 Å². The zero-order chi connectivity index (χ0) is 48.8. The van der Waals surface area contributed by atoms with Crippen molar-refractivity contribution in [3.8, 4) is 0 Å². The molecule has 9 nitrogen and oxygen atoms in total. The van der Waals surface area contributed by atoms with Crippen LogP contribution in [0.15, 0.2) is 158 Å². The lowest BCUT2D eigenvalue weighted by atomic mass is 10.1. The van der Waals surface area contributed by atoms with Gasteiger partial charge in [0.25, 0.3) is 0 Å². The Morgan fingerprint density at radius 1 is 0.448 bits per heavy atom. The van der Waals surface area contributed by atoms with Crippen LogP contribution in [0.1, 0.15) is 155 Å². The number of allylic oxidation sites excluding steroid dienone is 26. The van der Waals surface area contributed by atoms with E-state index in [1.807, 2.05) is 6.08 Å². The van der Waals surface area contributed by atoms with E-state index in [2.05, 4.69) is 166 Å². The van der Waals surface area contributed by atoms with Crippen molar-refractivity contribution in [3.63, 3.8) is 0 Å². The number of unbranched alkanes of at least 4 members (excludes halogenated alkanes) is 5. The van der Waals surface area contributed by atoms with E-state index in [4.69, 9.17) is 24.3 Å². The van der Waals surface area contributed by atoms with Crippen LogP contribution in [0.5, 0.6) is 0 Å². The van der Waals surface area contributed by atoms with E-state index >= 15 is 0 Å². The van der Waals surface area contributed by atoms with Crippen molar-refractivity contribution in [2.45, 2.75) is 161 Å². The molecule has 0 radical (unpaired) electrons. The fraction of sp³-hybridized carbons (Fsp3) is 0.509. The van der Waals surface area contributed by atoms with Crippen LogP contribution in [0.4, 0.5) is 0 Å². The van der Waals surface area contributed by atoms with Crippen LogP contribution in [-0.2, 0) is 32.7 Å². The number of hydrogen-bond donors (Lipinski definition) is 2. The Labute approximate surface area is 407 Å². The van der Waals surface area contributed by atoms with Gasteiger partial charge in [-0.15, -0.1) is 0 Å². The summed E-state index contributed by atoms with van der Waals surface area (Å²) in [6.45, 7) is 3.37. The van der Waals surface area contributed by atoms with Crippen molar-refractivity contribution in [1.29, 1.82) is 0 Å². The quantitative estimate of drug-likeness (QED) is 0.0265. The maximum atomic E-state index is 12.6. The molecule has 0 aromatic carbocycles. The fourth-order valence-corrected chi connectivity index (χ4v) is 6.57. The molecule has 0 saturated carbocycles. The van der Waals surface area contributed by atoms with E-state index in [-0.39, 0.29) is 32.6 Å². The average molecular weight is 946 g/mol. The first-order chi connectivity index (χ1) is 32.8. The molecule has 10 heteroatoms. The second-order valence-electron chi connectivity index (χ2n) is 15.6. The fourth-order valence-electron chi connectivity index (χ4n) is 5.80. The minimum absolute atomic E-state index is 0.0313. The summed E-state index contributed by atoms with van der Waals surface area (Å²) in [5.74, 6) is -0.944. The van der Waals surface area contributed by atoms with Crippen LogP contribution >= 0.6 is 7.82 Å². The summed E-state index contributed by atoms with van der Waals surface area (Å²) in [6.07, 6.45) is 74.3. The van der Waals surface area contributed by atoms with Crippen molar-refractivity contribution in [2.75, 3.05) is 26.4 Å². The average Bonchev–Trinajstić information content (AvgIpc) is 3.32. The smallest absolute Gasteiger partial charge is 0.462 e. The maximum Gasteiger partial charge on any atom is 0.472 e. The zero-order valence-electron chi connectivity index (χ0n) is 41.3. The number of carbonyl (C=O) groups excluding carboxylic acids is 2. The lowest BCUT2D eigenvalue weighted by Crippen LogP contribution is -2.29. The summed E-state index contributed by atoms with van der Waals surface area (Å²) in [5.41, 5.74) is 5.36. The molecule has 67 heavy (non-hydrogen) atoms. The lowest BCUT2D eigenvalue weighted by Gasteiger charge is -2.19. The molecule has 0 aromatic heterocycles. The van der Waals surface area contributed by atoms with Crippen molar-refractivity contribution in [3.05, 3.63) is 158 Å². The third-order valence-corrected chi connectivity index (χ3v) is 10.4. The maximum absolute atomic E-state index is 12.6. The Morgan fingerprint density at radius 2 is 0.791 bits per heavy atom. The molecule has 0 spiro atoms. The van der Waals surface area contributed by atoms with Gasteiger partial charge in [0, 0.05) is 19.4 Å². The van der Waals surface area contributed by atoms with Crippen molar-refractivity contribution in [1.82, 2.24) is 0 Å². The predicted molar refractivity (Wildman–Crippen MR) is 283 cm³/mol. The highest BCUT2D eigenvalue weighted by Gasteiger charge is 2.26. The Kier molecular flexibility index (Phi) is 47.7. The molecule has 0 saturated heterocycles. The number of ether oxygens (including phenoxy) is 2. The largest absolute Gasteiger partial charge is 0.472 e. The first-order valence-corrected chi connectivity index (χ1v) is 26.5. The number of hydrogen-bond acceptors (Lipinski definition) is 8. The predicted octanol–water partition coefficient (Wildman–Crippen LogP) is 15.4. The molecular formula is C57H88NO8P. The van der Waals surface area contributed by atoms with E-state index < -0.39 is 32.5 Å². The summed E-state index contributed by atoms with van der Waals surface area (Å²) in [6, 6.07) is 0. The molecule has 2 unspecified atom stereocenters. The Bertz CT molecular complexity index is 1640. The van der Waals surface area contributed by atoms with Gasteiger partial charge in [0.1, 0.15) is 6.61 Å². The van der Waals surface area contributed by atoms with E-state index in [0.29, 0.717) is 12.8 Å². The van der Waals surface area contributed by atoms with Gasteiger partial charge in [-0.2, -0.15) is 0 Å². The van der Waals surface area contributed by atoms with E-state index in [1.54, 1.807) is 0 Å². The van der Waals surface area contributed by atoms with Crippen molar-refractivity contribution < 1.29 is 37.6 Å². The normalized spacial score (nSPS) is 14.5. The molecule has 0 aliphatic rings. The van der Waals surface area contributed by atoms with Gasteiger partial charge in [-0.25, -0.2) is 4.57 Å². The van der Waals surface area contributed by atoms with E-state index in [1.165, 1.54) is 0 Å². The van der Waals surface area contributed by atoms with Gasteiger partial charge >= 0.3 is 19.8 Å². The topological polar surface area (TPSA) is 134 Å². The Hall–Kier alpha value is -4.37. The molecule has 0 rings (SSSR count).